The quantitative estimate of drug-likeness (QED) is 0.416. The van der Waals surface area contributed by atoms with Crippen LogP contribution in [0.5, 0.6) is 0 Å². The van der Waals surface area contributed by atoms with E-state index in [0.29, 0.717) is 0 Å². The van der Waals surface area contributed by atoms with Crippen molar-refractivity contribution in [2.75, 3.05) is 10.0 Å². The van der Waals surface area contributed by atoms with Crippen molar-refractivity contribution in [2.45, 2.75) is 4.90 Å². The van der Waals surface area contributed by atoms with E-state index in [9.17, 15) is 23.3 Å². The molecule has 0 spiro atoms. The fourth-order valence-electron chi connectivity index (χ4n) is 1.96. The molecule has 0 aliphatic carbocycles. The van der Waals surface area contributed by atoms with Crippen LogP contribution in [-0.2, 0) is 10.0 Å². The SMILES string of the molecule is O=C(Nc1ccc(S(=O)(=O)Nc2ncccn2)cc1)c1cc([N+](=O)[O-])[nH]n1. The minimum absolute atomic E-state index is 0.0663. The molecule has 0 fully saturated rings. The zero-order valence-electron chi connectivity index (χ0n) is 13.4. The lowest BCUT2D eigenvalue weighted by Crippen LogP contribution is -2.15. The van der Waals surface area contributed by atoms with E-state index in [1.165, 1.54) is 36.7 Å². The summed E-state index contributed by atoms with van der Waals surface area (Å²) in [5, 5.41) is 18.7. The van der Waals surface area contributed by atoms with Gasteiger partial charge in [-0.1, -0.05) is 5.10 Å². The van der Waals surface area contributed by atoms with Crippen molar-refractivity contribution in [1.82, 2.24) is 20.2 Å². The van der Waals surface area contributed by atoms with Crippen molar-refractivity contribution in [3.63, 3.8) is 0 Å². The Morgan fingerprint density at radius 2 is 1.81 bits per heavy atom. The molecule has 0 saturated carbocycles. The number of aromatic nitrogens is 4. The first-order valence-electron chi connectivity index (χ1n) is 7.26. The highest BCUT2D eigenvalue weighted by atomic mass is 32.2. The van der Waals surface area contributed by atoms with E-state index in [1.54, 1.807) is 6.07 Å². The smallest absolute Gasteiger partial charge is 0.343 e. The van der Waals surface area contributed by atoms with Crippen molar-refractivity contribution < 1.29 is 18.1 Å². The van der Waals surface area contributed by atoms with Crippen molar-refractivity contribution >= 4 is 33.4 Å². The predicted octanol–water partition coefficient (Wildman–Crippen LogP) is 1.16. The largest absolute Gasteiger partial charge is 0.358 e. The van der Waals surface area contributed by atoms with Crippen molar-refractivity contribution in [1.29, 1.82) is 0 Å². The highest BCUT2D eigenvalue weighted by Crippen LogP contribution is 2.17. The lowest BCUT2D eigenvalue weighted by atomic mass is 10.3. The van der Waals surface area contributed by atoms with Crippen LogP contribution in [0, 0.1) is 10.1 Å². The normalized spacial score (nSPS) is 11.0. The summed E-state index contributed by atoms with van der Waals surface area (Å²) in [4.78, 5) is 29.4. The maximum Gasteiger partial charge on any atom is 0.343 e. The predicted molar refractivity (Wildman–Crippen MR) is 92.5 cm³/mol. The van der Waals surface area contributed by atoms with Crippen molar-refractivity contribution in [3.05, 3.63) is 64.6 Å². The third-order valence-electron chi connectivity index (χ3n) is 3.21. The van der Waals surface area contributed by atoms with Gasteiger partial charge in [-0.25, -0.2) is 23.1 Å². The molecule has 0 saturated heterocycles. The van der Waals surface area contributed by atoms with Crippen LogP contribution in [0.2, 0.25) is 0 Å². The molecule has 0 bridgehead atoms. The first kappa shape index (κ1) is 17.9. The number of rotatable bonds is 6. The minimum atomic E-state index is -3.90. The molecule has 12 nitrogen and oxygen atoms in total. The van der Waals surface area contributed by atoms with Crippen LogP contribution in [0.15, 0.2) is 53.7 Å². The van der Waals surface area contributed by atoms with Gasteiger partial charge in [0.05, 0.1) is 11.0 Å². The molecule has 2 aromatic heterocycles. The molecule has 3 N–H and O–H groups in total. The van der Waals surface area contributed by atoms with Gasteiger partial charge in [-0.15, -0.1) is 5.10 Å². The number of anilines is 2. The molecule has 0 atom stereocenters. The van der Waals surface area contributed by atoms with Gasteiger partial charge in [0.2, 0.25) is 5.95 Å². The molecule has 0 unspecified atom stereocenters. The van der Waals surface area contributed by atoms with Crippen LogP contribution in [0.1, 0.15) is 10.5 Å². The summed E-state index contributed by atoms with van der Waals surface area (Å²) >= 11 is 0. The highest BCUT2D eigenvalue weighted by molar-refractivity contribution is 7.92. The summed E-state index contributed by atoms with van der Waals surface area (Å²) in [6.45, 7) is 0. The van der Waals surface area contributed by atoms with Crippen LogP contribution in [-0.4, -0.2) is 39.4 Å². The number of nitrogens with one attached hydrogen (secondary N) is 3. The lowest BCUT2D eigenvalue weighted by molar-refractivity contribution is -0.389. The Morgan fingerprint density at radius 1 is 1.15 bits per heavy atom. The Balaban J connectivity index is 1.71. The number of sulfonamides is 1. The van der Waals surface area contributed by atoms with Gasteiger partial charge in [-0.3, -0.25) is 4.79 Å². The number of hydrogen-bond acceptors (Lipinski definition) is 8. The first-order valence-corrected chi connectivity index (χ1v) is 8.74. The fraction of sp³-hybridized carbons (Fsp3) is 0. The molecule has 0 aliphatic heterocycles. The molecule has 2 heterocycles. The zero-order valence-corrected chi connectivity index (χ0v) is 14.2. The number of carbonyl (C=O) groups excluding carboxylic acids is 1. The van der Waals surface area contributed by atoms with Crippen LogP contribution >= 0.6 is 0 Å². The van der Waals surface area contributed by atoms with Crippen LogP contribution in [0.3, 0.4) is 0 Å². The van der Waals surface area contributed by atoms with Gasteiger partial charge in [-0.2, -0.15) is 0 Å². The molecule has 1 aromatic carbocycles. The van der Waals surface area contributed by atoms with Crippen LogP contribution < -0.4 is 10.0 Å². The maximum atomic E-state index is 12.3. The fourth-order valence-corrected chi connectivity index (χ4v) is 2.92. The van der Waals surface area contributed by atoms with Crippen molar-refractivity contribution in [3.8, 4) is 0 Å². The van der Waals surface area contributed by atoms with Crippen molar-refractivity contribution in [2.24, 2.45) is 0 Å². The Morgan fingerprint density at radius 3 is 2.41 bits per heavy atom. The number of nitrogens with zero attached hydrogens (tertiary/aromatic N) is 4. The second-order valence-corrected chi connectivity index (χ2v) is 6.73. The summed E-state index contributed by atoms with van der Waals surface area (Å²) in [7, 11) is -3.90. The van der Waals surface area contributed by atoms with Crippen LogP contribution in [0.25, 0.3) is 0 Å². The highest BCUT2D eigenvalue weighted by Gasteiger charge is 2.18. The van der Waals surface area contributed by atoms with E-state index in [1.807, 2.05) is 0 Å². The number of carbonyl (C=O) groups is 1. The first-order chi connectivity index (χ1) is 12.8. The molecule has 27 heavy (non-hydrogen) atoms. The molecule has 0 radical (unpaired) electrons. The molecular formula is C14H11N7O5S. The Labute approximate surface area is 151 Å². The van der Waals surface area contributed by atoms with Gasteiger partial charge >= 0.3 is 5.82 Å². The molecule has 3 rings (SSSR count). The molecule has 1 amide bonds. The maximum absolute atomic E-state index is 12.3. The van der Waals surface area contributed by atoms with Gasteiger partial charge < -0.3 is 15.4 Å². The standard InChI is InChI=1S/C14H11N7O5S/c22-13(11-8-12(19-18-11)21(23)24)17-9-2-4-10(5-3-9)27(25,26)20-14-15-6-1-7-16-14/h1-8H,(H,17,22)(H,18,19)(H,15,16,20). The zero-order chi connectivity index (χ0) is 19.4. The second kappa shape index (κ2) is 7.17. The van der Waals surface area contributed by atoms with E-state index in [2.05, 4.69) is 30.2 Å². The molecule has 138 valence electrons. The third kappa shape index (κ3) is 4.21. The van der Waals surface area contributed by atoms with E-state index in [4.69, 9.17) is 0 Å². The van der Waals surface area contributed by atoms with Crippen LogP contribution in [0.4, 0.5) is 17.5 Å². The summed E-state index contributed by atoms with van der Waals surface area (Å²) in [6, 6.07) is 7.79. The second-order valence-electron chi connectivity index (χ2n) is 5.05. The molecule has 13 heteroatoms. The number of amides is 1. The molecule has 3 aromatic rings. The molecule has 0 aliphatic rings. The number of benzene rings is 1. The summed E-state index contributed by atoms with van der Waals surface area (Å²) < 4.78 is 26.8. The van der Waals surface area contributed by atoms with Gasteiger partial charge in [0, 0.05) is 18.1 Å². The minimum Gasteiger partial charge on any atom is -0.358 e. The monoisotopic (exact) mass is 389 g/mol. The summed E-state index contributed by atoms with van der Waals surface area (Å²) in [5.74, 6) is -1.18. The van der Waals surface area contributed by atoms with Gasteiger partial charge in [0.25, 0.3) is 15.9 Å². The Bertz CT molecular complexity index is 1080. The van der Waals surface area contributed by atoms with Gasteiger partial charge in [0.1, 0.15) is 0 Å². The van der Waals surface area contributed by atoms with E-state index in [-0.39, 0.29) is 22.2 Å². The molecular weight excluding hydrogens is 378 g/mol. The number of hydrogen-bond donors (Lipinski definition) is 3. The Hall–Kier alpha value is -3.87. The number of aromatic amines is 1. The van der Waals surface area contributed by atoms with Gasteiger partial charge in [0.15, 0.2) is 5.69 Å². The third-order valence-corrected chi connectivity index (χ3v) is 4.55. The topological polar surface area (TPSA) is 173 Å². The Kier molecular flexibility index (Phi) is 4.76. The summed E-state index contributed by atoms with van der Waals surface area (Å²) in [6.07, 6.45) is 2.78. The average Bonchev–Trinajstić information content (AvgIpc) is 3.13. The van der Waals surface area contributed by atoms with E-state index >= 15 is 0 Å². The average molecular weight is 389 g/mol. The number of nitro groups is 1. The van der Waals surface area contributed by atoms with Gasteiger partial charge in [-0.05, 0) is 35.3 Å². The number of H-pyrrole nitrogens is 1. The lowest BCUT2D eigenvalue weighted by Gasteiger charge is -2.07. The summed E-state index contributed by atoms with van der Waals surface area (Å²) in [5.41, 5.74) is 0.0989. The van der Waals surface area contributed by atoms with E-state index in [0.717, 1.165) is 6.07 Å². The van der Waals surface area contributed by atoms with E-state index < -0.39 is 26.7 Å².